The van der Waals surface area contributed by atoms with E-state index in [0.717, 1.165) is 6.20 Å². The highest BCUT2D eigenvalue weighted by Crippen LogP contribution is 2.41. The second-order valence-electron chi connectivity index (χ2n) is 9.48. The van der Waals surface area contributed by atoms with Gasteiger partial charge in [0.15, 0.2) is 5.65 Å². The van der Waals surface area contributed by atoms with Crippen molar-refractivity contribution >= 4 is 22.9 Å². The molecule has 1 saturated heterocycles. The standard InChI is InChI=1S/C23H27F3N6O2/c1-14-11-31(21(33)34-22(3,4)5)15(2)10-30(14)19-18-16(23(24,25)26)12-32(20(18)29-13-28-19)17-8-6-7-9-27-17/h6-9,12-15H,10-11H2,1-5H3/t14-,15+/m0/s1. The maximum Gasteiger partial charge on any atom is 0.418 e. The number of piperazine rings is 1. The highest BCUT2D eigenvalue weighted by molar-refractivity contribution is 5.93. The number of fused-ring (bicyclic) bond motifs is 1. The van der Waals surface area contributed by atoms with E-state index in [1.54, 1.807) is 48.8 Å². The van der Waals surface area contributed by atoms with Gasteiger partial charge >= 0.3 is 12.3 Å². The third-order valence-corrected chi connectivity index (χ3v) is 5.65. The number of anilines is 1. The number of alkyl halides is 3. The van der Waals surface area contributed by atoms with Crippen LogP contribution >= 0.6 is 0 Å². The molecule has 4 rings (SSSR count). The van der Waals surface area contributed by atoms with Crippen molar-refractivity contribution in [3.8, 4) is 5.82 Å². The molecule has 8 nitrogen and oxygen atoms in total. The number of amides is 1. The molecule has 0 N–H and O–H groups in total. The largest absolute Gasteiger partial charge is 0.444 e. The third kappa shape index (κ3) is 4.51. The molecule has 4 heterocycles. The molecule has 11 heteroatoms. The van der Waals surface area contributed by atoms with Crippen molar-refractivity contribution in [2.75, 3.05) is 18.0 Å². The highest BCUT2D eigenvalue weighted by atomic mass is 19.4. The fourth-order valence-corrected chi connectivity index (χ4v) is 4.15. The number of aromatic nitrogens is 4. The molecule has 1 fully saturated rings. The van der Waals surface area contributed by atoms with Gasteiger partial charge in [-0.1, -0.05) is 6.07 Å². The summed E-state index contributed by atoms with van der Waals surface area (Å²) in [5, 5.41) is -0.0922. The summed E-state index contributed by atoms with van der Waals surface area (Å²) in [5.74, 6) is 0.499. The van der Waals surface area contributed by atoms with Gasteiger partial charge in [-0.25, -0.2) is 19.7 Å². The Morgan fingerprint density at radius 3 is 2.41 bits per heavy atom. The molecule has 0 aliphatic carbocycles. The van der Waals surface area contributed by atoms with Crippen LogP contribution in [0.1, 0.15) is 40.2 Å². The van der Waals surface area contributed by atoms with Crippen molar-refractivity contribution in [2.45, 2.75) is 58.5 Å². The van der Waals surface area contributed by atoms with Crippen LogP contribution in [0, 0.1) is 0 Å². The molecule has 0 aromatic carbocycles. The molecular weight excluding hydrogens is 449 g/mol. The van der Waals surface area contributed by atoms with Crippen LogP contribution in [0.15, 0.2) is 36.9 Å². The predicted molar refractivity (Wildman–Crippen MR) is 121 cm³/mol. The number of carbonyl (C=O) groups excluding carboxylic acids is 1. The Balaban J connectivity index is 1.77. The lowest BCUT2D eigenvalue weighted by molar-refractivity contribution is -0.136. The lowest BCUT2D eigenvalue weighted by Crippen LogP contribution is -2.59. The number of nitrogens with zero attached hydrogens (tertiary/aromatic N) is 6. The summed E-state index contributed by atoms with van der Waals surface area (Å²) in [6.45, 7) is 9.63. The van der Waals surface area contributed by atoms with E-state index in [0.29, 0.717) is 12.4 Å². The Kier molecular flexibility index (Phi) is 5.91. The average Bonchev–Trinajstić information content (AvgIpc) is 3.15. The van der Waals surface area contributed by atoms with Gasteiger partial charge < -0.3 is 14.5 Å². The van der Waals surface area contributed by atoms with Gasteiger partial charge in [0.05, 0.1) is 10.9 Å². The molecule has 182 valence electrons. The van der Waals surface area contributed by atoms with Gasteiger partial charge in [0.1, 0.15) is 23.6 Å². The van der Waals surface area contributed by atoms with Crippen LogP contribution in [0.4, 0.5) is 23.8 Å². The van der Waals surface area contributed by atoms with E-state index in [1.165, 1.54) is 17.1 Å². The number of halogens is 3. The number of carbonyl (C=O) groups is 1. The third-order valence-electron chi connectivity index (χ3n) is 5.65. The van der Waals surface area contributed by atoms with Gasteiger partial charge in [-0.2, -0.15) is 13.2 Å². The zero-order valence-corrected chi connectivity index (χ0v) is 19.7. The second kappa shape index (κ2) is 8.44. The van der Waals surface area contributed by atoms with E-state index < -0.39 is 23.4 Å². The Morgan fingerprint density at radius 2 is 1.79 bits per heavy atom. The SMILES string of the molecule is C[C@@H]1CN(c2ncnc3c2c(C(F)(F)F)cn3-c2ccccn2)[C@@H](C)CN1C(=O)OC(C)(C)C. The van der Waals surface area contributed by atoms with Crippen molar-refractivity contribution in [1.29, 1.82) is 0 Å². The Labute approximate surface area is 195 Å². The monoisotopic (exact) mass is 476 g/mol. The molecule has 1 aliphatic rings. The van der Waals surface area contributed by atoms with E-state index in [9.17, 15) is 18.0 Å². The number of hydrogen-bond donors (Lipinski definition) is 0. The summed E-state index contributed by atoms with van der Waals surface area (Å²) in [5.41, 5.74) is -1.37. The molecule has 0 radical (unpaired) electrons. The van der Waals surface area contributed by atoms with Gasteiger partial charge in [-0.3, -0.25) is 4.57 Å². The first kappa shape index (κ1) is 23.8. The molecule has 1 amide bonds. The van der Waals surface area contributed by atoms with Gasteiger partial charge in [0, 0.05) is 37.6 Å². The van der Waals surface area contributed by atoms with Gasteiger partial charge in [0.2, 0.25) is 0 Å². The Bertz CT molecular complexity index is 1190. The van der Waals surface area contributed by atoms with Crippen LogP contribution < -0.4 is 4.90 Å². The zero-order chi connectivity index (χ0) is 24.8. The fraction of sp³-hybridized carbons (Fsp3) is 0.478. The number of rotatable bonds is 2. The van der Waals surface area contributed by atoms with Crippen molar-refractivity contribution in [2.24, 2.45) is 0 Å². The Hall–Kier alpha value is -3.37. The molecule has 0 unspecified atom stereocenters. The van der Waals surface area contributed by atoms with Crippen LogP contribution in [0.2, 0.25) is 0 Å². The van der Waals surface area contributed by atoms with E-state index >= 15 is 0 Å². The van der Waals surface area contributed by atoms with Gasteiger partial charge in [0.25, 0.3) is 0 Å². The predicted octanol–water partition coefficient (Wildman–Crippen LogP) is 4.67. The van der Waals surface area contributed by atoms with Crippen LogP contribution in [-0.2, 0) is 10.9 Å². The summed E-state index contributed by atoms with van der Waals surface area (Å²) in [7, 11) is 0. The second-order valence-corrected chi connectivity index (χ2v) is 9.48. The first-order chi connectivity index (χ1) is 15.9. The van der Waals surface area contributed by atoms with Crippen LogP contribution in [0.3, 0.4) is 0 Å². The number of hydrogen-bond acceptors (Lipinski definition) is 6. The lowest BCUT2D eigenvalue weighted by Gasteiger charge is -2.44. The smallest absolute Gasteiger partial charge is 0.418 e. The molecule has 34 heavy (non-hydrogen) atoms. The number of pyridine rings is 1. The Morgan fingerprint density at radius 1 is 1.06 bits per heavy atom. The van der Waals surface area contributed by atoms with Gasteiger partial charge in [-0.05, 0) is 46.8 Å². The van der Waals surface area contributed by atoms with Crippen molar-refractivity contribution in [3.63, 3.8) is 0 Å². The summed E-state index contributed by atoms with van der Waals surface area (Å²) in [6.07, 6.45) is -1.29. The van der Waals surface area contributed by atoms with Crippen LogP contribution in [0.25, 0.3) is 16.9 Å². The topological polar surface area (TPSA) is 76.4 Å². The van der Waals surface area contributed by atoms with Crippen LogP contribution in [-0.4, -0.2) is 61.3 Å². The molecule has 2 atom stereocenters. The molecule has 0 bridgehead atoms. The van der Waals surface area contributed by atoms with Crippen molar-refractivity contribution in [1.82, 2.24) is 24.4 Å². The number of ether oxygens (including phenoxy) is 1. The molecular formula is C23H27F3N6O2. The van der Waals surface area contributed by atoms with E-state index in [-0.39, 0.29) is 35.5 Å². The summed E-state index contributed by atoms with van der Waals surface area (Å²) < 4.78 is 49.2. The van der Waals surface area contributed by atoms with E-state index in [2.05, 4.69) is 15.0 Å². The molecule has 0 spiro atoms. The van der Waals surface area contributed by atoms with E-state index in [1.807, 2.05) is 13.8 Å². The highest BCUT2D eigenvalue weighted by Gasteiger charge is 2.40. The molecule has 0 saturated carbocycles. The quantitative estimate of drug-likeness (QED) is 0.535. The minimum Gasteiger partial charge on any atom is -0.444 e. The maximum absolute atomic E-state index is 14.1. The minimum atomic E-state index is -4.62. The maximum atomic E-state index is 14.1. The van der Waals surface area contributed by atoms with E-state index in [4.69, 9.17) is 4.74 Å². The molecule has 3 aromatic rings. The lowest BCUT2D eigenvalue weighted by atomic mass is 10.1. The first-order valence-electron chi connectivity index (χ1n) is 11.0. The average molecular weight is 477 g/mol. The minimum absolute atomic E-state index is 0.0922. The summed E-state index contributed by atoms with van der Waals surface area (Å²) in [6, 6.07) is 4.40. The van der Waals surface area contributed by atoms with Crippen LogP contribution in [0.5, 0.6) is 0 Å². The zero-order valence-electron chi connectivity index (χ0n) is 19.7. The molecule has 1 aliphatic heterocycles. The van der Waals surface area contributed by atoms with Crippen molar-refractivity contribution < 1.29 is 22.7 Å². The fourth-order valence-electron chi connectivity index (χ4n) is 4.15. The molecule has 3 aromatic heterocycles. The first-order valence-corrected chi connectivity index (χ1v) is 11.0. The summed E-state index contributed by atoms with van der Waals surface area (Å²) in [4.78, 5) is 28.7. The summed E-state index contributed by atoms with van der Waals surface area (Å²) >= 11 is 0. The van der Waals surface area contributed by atoms with Crippen molar-refractivity contribution in [3.05, 3.63) is 42.5 Å². The normalized spacial score (nSPS) is 19.5. The van der Waals surface area contributed by atoms with Gasteiger partial charge in [-0.15, -0.1) is 0 Å².